The summed E-state index contributed by atoms with van der Waals surface area (Å²) in [5.74, 6) is 4.88. The Morgan fingerprint density at radius 1 is 0.913 bits per heavy atom. The van der Waals surface area contributed by atoms with Gasteiger partial charge in [-0.3, -0.25) is 0 Å². The standard InChI is InChI=1S/C23H34/c1-3-17-5-7-21-15-23(11-9-19(21)13-17)22-10-8-18-12-16(2)4-6-20(18)14-22/h8,10,14,16-17,19,21,23H,3-7,9,11-13,15H2,1-2H3. The smallest absolute Gasteiger partial charge is 0.0159 e. The van der Waals surface area contributed by atoms with Crippen molar-refractivity contribution in [3.8, 4) is 0 Å². The second-order valence-corrected chi connectivity index (χ2v) is 8.99. The van der Waals surface area contributed by atoms with Gasteiger partial charge in [-0.2, -0.15) is 0 Å². The minimum Gasteiger partial charge on any atom is -0.0651 e. The SMILES string of the molecule is CCC1CCC2CC(c3ccc4c(c3)CCC(C)C4)CCC2C1. The average molecular weight is 311 g/mol. The summed E-state index contributed by atoms with van der Waals surface area (Å²) < 4.78 is 0. The van der Waals surface area contributed by atoms with Gasteiger partial charge in [-0.25, -0.2) is 0 Å². The number of hydrogen-bond acceptors (Lipinski definition) is 0. The molecule has 0 heteroatoms. The summed E-state index contributed by atoms with van der Waals surface area (Å²) in [5, 5.41) is 0. The molecule has 3 aliphatic rings. The lowest BCUT2D eigenvalue weighted by Gasteiger charge is -2.42. The van der Waals surface area contributed by atoms with Gasteiger partial charge in [-0.15, -0.1) is 0 Å². The topological polar surface area (TPSA) is 0 Å². The quantitative estimate of drug-likeness (QED) is 0.583. The van der Waals surface area contributed by atoms with Crippen LogP contribution in [0.3, 0.4) is 0 Å². The lowest BCUT2D eigenvalue weighted by atomic mass is 9.63. The monoisotopic (exact) mass is 310 g/mol. The summed E-state index contributed by atoms with van der Waals surface area (Å²) in [6.07, 6.45) is 14.4. The van der Waals surface area contributed by atoms with Crippen molar-refractivity contribution in [3.63, 3.8) is 0 Å². The van der Waals surface area contributed by atoms with E-state index in [2.05, 4.69) is 32.0 Å². The predicted octanol–water partition coefficient (Wildman–Crippen LogP) is 6.52. The van der Waals surface area contributed by atoms with Crippen molar-refractivity contribution < 1.29 is 0 Å². The molecule has 0 amide bonds. The first kappa shape index (κ1) is 15.7. The van der Waals surface area contributed by atoms with Crippen molar-refractivity contribution in [2.75, 3.05) is 0 Å². The summed E-state index contributed by atoms with van der Waals surface area (Å²) in [7, 11) is 0. The van der Waals surface area contributed by atoms with E-state index < -0.39 is 0 Å². The fraction of sp³-hybridized carbons (Fsp3) is 0.739. The van der Waals surface area contributed by atoms with Gasteiger partial charge in [-0.05, 0) is 97.6 Å². The Bertz CT molecular complexity index is 543. The fourth-order valence-electron chi connectivity index (χ4n) is 5.87. The second kappa shape index (κ2) is 6.61. The Labute approximate surface area is 143 Å². The molecule has 5 atom stereocenters. The maximum atomic E-state index is 2.60. The molecule has 0 saturated heterocycles. The van der Waals surface area contributed by atoms with Crippen LogP contribution in [0.1, 0.15) is 87.8 Å². The van der Waals surface area contributed by atoms with Crippen molar-refractivity contribution in [3.05, 3.63) is 34.9 Å². The van der Waals surface area contributed by atoms with Crippen LogP contribution in [0.15, 0.2) is 18.2 Å². The van der Waals surface area contributed by atoms with E-state index in [4.69, 9.17) is 0 Å². The number of rotatable bonds is 2. The molecule has 0 radical (unpaired) electrons. The normalized spacial score (nSPS) is 37.0. The van der Waals surface area contributed by atoms with E-state index in [9.17, 15) is 0 Å². The highest BCUT2D eigenvalue weighted by atomic mass is 14.4. The molecule has 0 nitrogen and oxygen atoms in total. The molecule has 3 aliphatic carbocycles. The van der Waals surface area contributed by atoms with E-state index >= 15 is 0 Å². The van der Waals surface area contributed by atoms with E-state index in [0.29, 0.717) is 0 Å². The van der Waals surface area contributed by atoms with Gasteiger partial charge >= 0.3 is 0 Å². The van der Waals surface area contributed by atoms with Crippen LogP contribution in [-0.2, 0) is 12.8 Å². The zero-order chi connectivity index (χ0) is 15.8. The molecular weight excluding hydrogens is 276 g/mol. The fourth-order valence-corrected chi connectivity index (χ4v) is 5.87. The van der Waals surface area contributed by atoms with Crippen molar-refractivity contribution in [2.45, 2.75) is 84.0 Å². The van der Waals surface area contributed by atoms with Gasteiger partial charge in [0.2, 0.25) is 0 Å². The second-order valence-electron chi connectivity index (χ2n) is 8.99. The Hall–Kier alpha value is -0.780. The van der Waals surface area contributed by atoms with Gasteiger partial charge in [-0.1, -0.05) is 44.9 Å². The van der Waals surface area contributed by atoms with E-state index in [1.165, 1.54) is 64.2 Å². The molecule has 0 bridgehead atoms. The van der Waals surface area contributed by atoms with Gasteiger partial charge < -0.3 is 0 Å². The molecule has 0 spiro atoms. The van der Waals surface area contributed by atoms with Crippen molar-refractivity contribution in [1.29, 1.82) is 0 Å². The minimum atomic E-state index is 0.860. The highest BCUT2D eigenvalue weighted by molar-refractivity contribution is 5.36. The first-order valence-corrected chi connectivity index (χ1v) is 10.3. The van der Waals surface area contributed by atoms with Gasteiger partial charge in [0, 0.05) is 0 Å². The first-order chi connectivity index (χ1) is 11.2. The first-order valence-electron chi connectivity index (χ1n) is 10.3. The molecule has 0 aromatic heterocycles. The summed E-state index contributed by atoms with van der Waals surface area (Å²) in [6, 6.07) is 7.56. The molecule has 0 N–H and O–H groups in total. The summed E-state index contributed by atoms with van der Waals surface area (Å²) >= 11 is 0. The third kappa shape index (κ3) is 3.24. The van der Waals surface area contributed by atoms with Crippen LogP contribution in [0, 0.1) is 23.7 Å². The Balaban J connectivity index is 1.46. The van der Waals surface area contributed by atoms with Crippen molar-refractivity contribution >= 4 is 0 Å². The van der Waals surface area contributed by atoms with Crippen molar-refractivity contribution in [2.24, 2.45) is 23.7 Å². The molecule has 1 aromatic rings. The Morgan fingerprint density at radius 2 is 1.74 bits per heavy atom. The highest BCUT2D eigenvalue weighted by Crippen LogP contribution is 2.48. The van der Waals surface area contributed by atoms with Gasteiger partial charge in [0.25, 0.3) is 0 Å². The van der Waals surface area contributed by atoms with Crippen LogP contribution < -0.4 is 0 Å². The Morgan fingerprint density at radius 3 is 2.61 bits per heavy atom. The van der Waals surface area contributed by atoms with Crippen LogP contribution in [0.2, 0.25) is 0 Å². The summed E-state index contributed by atoms with van der Waals surface area (Å²) in [4.78, 5) is 0. The molecular formula is C23H34. The van der Waals surface area contributed by atoms with E-state index in [-0.39, 0.29) is 0 Å². The molecule has 4 rings (SSSR count). The van der Waals surface area contributed by atoms with Crippen LogP contribution in [0.5, 0.6) is 0 Å². The largest absolute Gasteiger partial charge is 0.0651 e. The molecule has 1 aromatic carbocycles. The molecule has 5 unspecified atom stereocenters. The molecule has 0 heterocycles. The molecule has 126 valence electrons. The maximum Gasteiger partial charge on any atom is -0.0159 e. The summed E-state index contributed by atoms with van der Waals surface area (Å²) in [6.45, 7) is 4.80. The Kier molecular flexibility index (Phi) is 4.52. The van der Waals surface area contributed by atoms with E-state index in [0.717, 1.165) is 29.6 Å². The molecule has 0 aliphatic heterocycles. The number of benzene rings is 1. The minimum absolute atomic E-state index is 0.860. The van der Waals surface area contributed by atoms with E-state index in [1.54, 1.807) is 16.7 Å². The third-order valence-electron chi connectivity index (χ3n) is 7.48. The number of fused-ring (bicyclic) bond motifs is 2. The number of aryl methyl sites for hydroxylation is 1. The molecule has 2 saturated carbocycles. The van der Waals surface area contributed by atoms with Crippen molar-refractivity contribution in [1.82, 2.24) is 0 Å². The zero-order valence-corrected chi connectivity index (χ0v) is 15.2. The lowest BCUT2D eigenvalue weighted by molar-refractivity contribution is 0.116. The van der Waals surface area contributed by atoms with Crippen LogP contribution in [-0.4, -0.2) is 0 Å². The lowest BCUT2D eigenvalue weighted by Crippen LogP contribution is -2.30. The van der Waals surface area contributed by atoms with Crippen LogP contribution in [0.4, 0.5) is 0 Å². The molecule has 2 fully saturated rings. The zero-order valence-electron chi connectivity index (χ0n) is 15.2. The van der Waals surface area contributed by atoms with Crippen LogP contribution in [0.25, 0.3) is 0 Å². The average Bonchev–Trinajstić information content (AvgIpc) is 2.60. The summed E-state index contributed by atoms with van der Waals surface area (Å²) in [5.41, 5.74) is 5.00. The highest BCUT2D eigenvalue weighted by Gasteiger charge is 2.35. The van der Waals surface area contributed by atoms with Gasteiger partial charge in [0.1, 0.15) is 0 Å². The maximum absolute atomic E-state index is 2.60. The van der Waals surface area contributed by atoms with Gasteiger partial charge in [0.05, 0.1) is 0 Å². The third-order valence-corrected chi connectivity index (χ3v) is 7.48. The van der Waals surface area contributed by atoms with E-state index in [1.807, 2.05) is 0 Å². The number of hydrogen-bond donors (Lipinski definition) is 0. The van der Waals surface area contributed by atoms with Crippen LogP contribution >= 0.6 is 0 Å². The predicted molar refractivity (Wildman–Crippen MR) is 98.8 cm³/mol. The van der Waals surface area contributed by atoms with Gasteiger partial charge in [0.15, 0.2) is 0 Å². The molecule has 23 heavy (non-hydrogen) atoms.